The third kappa shape index (κ3) is 8.53. The molecule has 8 heteroatoms. The van der Waals surface area contributed by atoms with E-state index in [4.69, 9.17) is 4.74 Å². The SMILES string of the molecule is CC(C)C[C@@H](CNC(=O)[C@H](C)OCC(F)(F)F)N1CCOCC1. The van der Waals surface area contributed by atoms with Crippen LogP contribution in [0.15, 0.2) is 0 Å². The molecule has 136 valence electrons. The van der Waals surface area contributed by atoms with Gasteiger partial charge in [0.15, 0.2) is 0 Å². The van der Waals surface area contributed by atoms with E-state index in [0.717, 1.165) is 19.5 Å². The van der Waals surface area contributed by atoms with Crippen molar-refractivity contribution in [2.45, 2.75) is 45.5 Å². The first-order chi connectivity index (χ1) is 10.7. The van der Waals surface area contributed by atoms with Crippen molar-refractivity contribution in [3.8, 4) is 0 Å². The summed E-state index contributed by atoms with van der Waals surface area (Å²) in [5.41, 5.74) is 0. The van der Waals surface area contributed by atoms with Crippen molar-refractivity contribution in [1.29, 1.82) is 0 Å². The molecule has 1 amide bonds. The first kappa shape index (κ1) is 20.2. The Bertz CT molecular complexity index is 358. The summed E-state index contributed by atoms with van der Waals surface area (Å²) in [5.74, 6) is -0.0603. The monoisotopic (exact) mass is 340 g/mol. The number of amides is 1. The van der Waals surface area contributed by atoms with Crippen molar-refractivity contribution in [2.75, 3.05) is 39.5 Å². The largest absolute Gasteiger partial charge is 0.411 e. The molecular weight excluding hydrogens is 313 g/mol. The molecule has 1 aliphatic rings. The summed E-state index contributed by atoms with van der Waals surface area (Å²) < 4.78 is 46.2. The molecule has 0 aliphatic carbocycles. The lowest BCUT2D eigenvalue weighted by molar-refractivity contribution is -0.185. The Balaban J connectivity index is 2.44. The molecule has 1 fully saturated rings. The van der Waals surface area contributed by atoms with Crippen LogP contribution in [0.2, 0.25) is 0 Å². The van der Waals surface area contributed by atoms with E-state index in [1.807, 2.05) is 0 Å². The Morgan fingerprint density at radius 2 is 1.87 bits per heavy atom. The van der Waals surface area contributed by atoms with E-state index in [2.05, 4.69) is 28.8 Å². The number of rotatable bonds is 8. The number of carbonyl (C=O) groups excluding carboxylic acids is 1. The molecule has 0 radical (unpaired) electrons. The van der Waals surface area contributed by atoms with E-state index >= 15 is 0 Å². The minimum absolute atomic E-state index is 0.151. The molecule has 0 spiro atoms. The summed E-state index contributed by atoms with van der Waals surface area (Å²) in [6, 6.07) is 0.151. The Hall–Kier alpha value is -0.860. The topological polar surface area (TPSA) is 50.8 Å². The lowest BCUT2D eigenvalue weighted by atomic mass is 10.0. The summed E-state index contributed by atoms with van der Waals surface area (Å²) in [6.45, 7) is 7.43. The number of hydrogen-bond donors (Lipinski definition) is 1. The van der Waals surface area contributed by atoms with Crippen LogP contribution in [0.5, 0.6) is 0 Å². The molecule has 1 heterocycles. The predicted octanol–water partition coefficient (Wildman–Crippen LogP) is 1.82. The molecule has 1 rings (SSSR count). The van der Waals surface area contributed by atoms with Crippen molar-refractivity contribution in [2.24, 2.45) is 5.92 Å². The minimum Gasteiger partial charge on any atom is -0.379 e. The number of hydrogen-bond acceptors (Lipinski definition) is 4. The molecule has 0 aromatic heterocycles. The summed E-state index contributed by atoms with van der Waals surface area (Å²) in [4.78, 5) is 14.1. The second kappa shape index (κ2) is 9.44. The number of halogens is 3. The average Bonchev–Trinajstić information content (AvgIpc) is 2.48. The van der Waals surface area contributed by atoms with Crippen LogP contribution in [0.4, 0.5) is 13.2 Å². The van der Waals surface area contributed by atoms with Gasteiger partial charge in [-0.05, 0) is 19.3 Å². The molecule has 1 saturated heterocycles. The van der Waals surface area contributed by atoms with Crippen molar-refractivity contribution in [1.82, 2.24) is 10.2 Å². The second-order valence-corrected chi connectivity index (χ2v) is 6.25. The minimum atomic E-state index is -4.43. The van der Waals surface area contributed by atoms with Gasteiger partial charge in [0.1, 0.15) is 12.7 Å². The summed E-state index contributed by atoms with van der Waals surface area (Å²) >= 11 is 0. The van der Waals surface area contributed by atoms with Gasteiger partial charge in [0.25, 0.3) is 0 Å². The van der Waals surface area contributed by atoms with Gasteiger partial charge in [0, 0.05) is 25.7 Å². The Labute approximate surface area is 135 Å². The summed E-state index contributed by atoms with van der Waals surface area (Å²) in [7, 11) is 0. The maximum Gasteiger partial charge on any atom is 0.411 e. The van der Waals surface area contributed by atoms with E-state index in [1.165, 1.54) is 6.92 Å². The molecule has 0 bridgehead atoms. The molecule has 0 unspecified atom stereocenters. The van der Waals surface area contributed by atoms with Gasteiger partial charge in [0.05, 0.1) is 13.2 Å². The van der Waals surface area contributed by atoms with Crippen LogP contribution in [0, 0.1) is 5.92 Å². The molecule has 0 saturated carbocycles. The third-order valence-electron chi connectivity index (χ3n) is 3.68. The number of nitrogens with one attached hydrogen (secondary N) is 1. The molecular formula is C15H27F3N2O3. The zero-order valence-electron chi connectivity index (χ0n) is 14.0. The van der Waals surface area contributed by atoms with Crippen molar-refractivity contribution in [3.05, 3.63) is 0 Å². The fraction of sp³-hybridized carbons (Fsp3) is 0.933. The first-order valence-corrected chi connectivity index (χ1v) is 7.97. The molecule has 23 heavy (non-hydrogen) atoms. The van der Waals surface area contributed by atoms with Gasteiger partial charge < -0.3 is 14.8 Å². The molecule has 0 aromatic rings. The normalized spacial score (nSPS) is 19.6. The van der Waals surface area contributed by atoms with Crippen LogP contribution >= 0.6 is 0 Å². The highest BCUT2D eigenvalue weighted by molar-refractivity contribution is 5.80. The lowest BCUT2D eigenvalue weighted by Gasteiger charge is -2.35. The van der Waals surface area contributed by atoms with Crippen LogP contribution in [0.1, 0.15) is 27.2 Å². The molecule has 1 aliphatic heterocycles. The number of ether oxygens (including phenoxy) is 2. The van der Waals surface area contributed by atoms with E-state index < -0.39 is 24.8 Å². The smallest absolute Gasteiger partial charge is 0.379 e. The summed E-state index contributed by atoms with van der Waals surface area (Å²) in [5, 5.41) is 2.71. The summed E-state index contributed by atoms with van der Waals surface area (Å²) in [6.07, 6.45) is -4.65. The number of carbonyl (C=O) groups is 1. The lowest BCUT2D eigenvalue weighted by Crippen LogP contribution is -2.50. The van der Waals surface area contributed by atoms with Crippen molar-refractivity contribution < 1.29 is 27.4 Å². The molecule has 1 N–H and O–H groups in total. The Kier molecular flexibility index (Phi) is 8.28. The van der Waals surface area contributed by atoms with Gasteiger partial charge in [-0.25, -0.2) is 0 Å². The number of alkyl halides is 3. The van der Waals surface area contributed by atoms with Crippen molar-refractivity contribution in [3.63, 3.8) is 0 Å². The zero-order chi connectivity index (χ0) is 17.5. The van der Waals surface area contributed by atoms with Crippen molar-refractivity contribution >= 4 is 5.91 Å². The number of morpholine rings is 1. The fourth-order valence-electron chi connectivity index (χ4n) is 2.51. The Morgan fingerprint density at radius 3 is 2.39 bits per heavy atom. The van der Waals surface area contributed by atoms with Gasteiger partial charge in [-0.2, -0.15) is 13.2 Å². The Morgan fingerprint density at radius 1 is 1.26 bits per heavy atom. The van der Waals surface area contributed by atoms with E-state index in [-0.39, 0.29) is 6.04 Å². The maximum atomic E-state index is 12.1. The van der Waals surface area contributed by atoms with Gasteiger partial charge in [0.2, 0.25) is 5.91 Å². The van der Waals surface area contributed by atoms with Crippen LogP contribution < -0.4 is 5.32 Å². The van der Waals surface area contributed by atoms with E-state index in [9.17, 15) is 18.0 Å². The number of nitrogens with zero attached hydrogens (tertiary/aromatic N) is 1. The highest BCUT2D eigenvalue weighted by atomic mass is 19.4. The van der Waals surface area contributed by atoms with Crippen LogP contribution in [0.25, 0.3) is 0 Å². The quantitative estimate of drug-likeness (QED) is 0.732. The van der Waals surface area contributed by atoms with Gasteiger partial charge in [-0.3, -0.25) is 9.69 Å². The van der Waals surface area contributed by atoms with E-state index in [0.29, 0.717) is 25.7 Å². The fourth-order valence-corrected chi connectivity index (χ4v) is 2.51. The first-order valence-electron chi connectivity index (χ1n) is 7.97. The van der Waals surface area contributed by atoms with E-state index in [1.54, 1.807) is 0 Å². The molecule has 2 atom stereocenters. The van der Waals surface area contributed by atoms with Crippen LogP contribution in [-0.2, 0) is 14.3 Å². The standard InChI is InChI=1S/C15H27F3N2O3/c1-11(2)8-13(20-4-6-22-7-5-20)9-19-14(21)12(3)23-10-15(16,17)18/h11-13H,4-10H2,1-3H3,(H,19,21)/t12-,13-/m0/s1. The molecule has 0 aromatic carbocycles. The van der Waals surface area contributed by atoms with Gasteiger partial charge >= 0.3 is 6.18 Å². The highest BCUT2D eigenvalue weighted by Crippen LogP contribution is 2.16. The van der Waals surface area contributed by atoms with Gasteiger partial charge in [-0.15, -0.1) is 0 Å². The third-order valence-corrected chi connectivity index (χ3v) is 3.68. The average molecular weight is 340 g/mol. The zero-order valence-corrected chi connectivity index (χ0v) is 14.0. The molecule has 5 nitrogen and oxygen atoms in total. The highest BCUT2D eigenvalue weighted by Gasteiger charge is 2.30. The van der Waals surface area contributed by atoms with Crippen LogP contribution in [0.3, 0.4) is 0 Å². The van der Waals surface area contributed by atoms with Crippen LogP contribution in [-0.4, -0.2) is 68.6 Å². The maximum absolute atomic E-state index is 12.1. The predicted molar refractivity (Wildman–Crippen MR) is 80.1 cm³/mol. The second-order valence-electron chi connectivity index (χ2n) is 6.25. The van der Waals surface area contributed by atoms with Gasteiger partial charge in [-0.1, -0.05) is 13.8 Å².